The van der Waals surface area contributed by atoms with Gasteiger partial charge in [-0.2, -0.15) is 0 Å². The molecule has 0 bridgehead atoms. The van der Waals surface area contributed by atoms with Gasteiger partial charge in [0.1, 0.15) is 16.9 Å². The maximum Gasteiger partial charge on any atom is 0.341 e. The Hall–Kier alpha value is -1.77. The number of rotatable bonds is 2. The van der Waals surface area contributed by atoms with Crippen LogP contribution < -0.4 is 0 Å². The molecule has 0 saturated heterocycles. The molecular weight excluding hydrogens is 204 g/mol. The highest BCUT2D eigenvalue weighted by atomic mass is 16.5. The molecule has 3 nitrogen and oxygen atoms in total. The molecule has 0 saturated carbocycles. The molecule has 0 atom stereocenters. The molecule has 2 aromatic rings. The minimum Gasteiger partial charge on any atom is -0.462 e. The van der Waals surface area contributed by atoms with E-state index in [4.69, 9.17) is 9.15 Å². The van der Waals surface area contributed by atoms with Crippen LogP contribution in [0.3, 0.4) is 0 Å². The van der Waals surface area contributed by atoms with Crippen LogP contribution in [0.4, 0.5) is 0 Å². The molecule has 1 heterocycles. The van der Waals surface area contributed by atoms with Gasteiger partial charge in [-0.1, -0.05) is 6.07 Å². The molecule has 16 heavy (non-hydrogen) atoms. The number of hydrogen-bond acceptors (Lipinski definition) is 3. The Bertz CT molecular complexity index is 537. The van der Waals surface area contributed by atoms with Crippen molar-refractivity contribution >= 4 is 16.9 Å². The van der Waals surface area contributed by atoms with Crippen LogP contribution in [0.2, 0.25) is 0 Å². The molecule has 0 aliphatic carbocycles. The number of hydrogen-bond donors (Lipinski definition) is 0. The topological polar surface area (TPSA) is 39.4 Å². The van der Waals surface area contributed by atoms with Gasteiger partial charge in [0.15, 0.2) is 0 Å². The van der Waals surface area contributed by atoms with Gasteiger partial charge in [-0.05, 0) is 38.5 Å². The fourth-order valence-electron chi connectivity index (χ4n) is 1.75. The summed E-state index contributed by atoms with van der Waals surface area (Å²) in [6, 6.07) is 5.59. The Morgan fingerprint density at radius 1 is 1.38 bits per heavy atom. The lowest BCUT2D eigenvalue weighted by atomic mass is 10.1. The van der Waals surface area contributed by atoms with Crippen molar-refractivity contribution in [2.24, 2.45) is 0 Å². The highest BCUT2D eigenvalue weighted by molar-refractivity contribution is 6.03. The monoisotopic (exact) mass is 218 g/mol. The average molecular weight is 218 g/mol. The van der Waals surface area contributed by atoms with E-state index in [1.54, 1.807) is 13.0 Å². The summed E-state index contributed by atoms with van der Waals surface area (Å²) in [6.07, 6.45) is 0. The number of carbonyl (C=O) groups is 1. The van der Waals surface area contributed by atoms with Gasteiger partial charge < -0.3 is 9.15 Å². The molecule has 0 fully saturated rings. The second-order valence-electron chi connectivity index (χ2n) is 3.75. The molecule has 0 amide bonds. The number of fused-ring (bicyclic) bond motifs is 1. The lowest BCUT2D eigenvalue weighted by Gasteiger charge is -2.03. The van der Waals surface area contributed by atoms with E-state index in [9.17, 15) is 4.79 Å². The van der Waals surface area contributed by atoms with Crippen molar-refractivity contribution in [2.45, 2.75) is 20.8 Å². The zero-order chi connectivity index (χ0) is 11.7. The summed E-state index contributed by atoms with van der Waals surface area (Å²) in [4.78, 5) is 11.7. The highest BCUT2D eigenvalue weighted by Gasteiger charge is 2.15. The fourth-order valence-corrected chi connectivity index (χ4v) is 1.75. The highest BCUT2D eigenvalue weighted by Crippen LogP contribution is 2.26. The minimum atomic E-state index is -0.332. The normalized spacial score (nSPS) is 10.7. The summed E-state index contributed by atoms with van der Waals surface area (Å²) in [5, 5.41) is 0.975. The quantitative estimate of drug-likeness (QED) is 0.726. The van der Waals surface area contributed by atoms with Crippen LogP contribution in [0.5, 0.6) is 0 Å². The molecule has 0 N–H and O–H groups in total. The molecule has 2 rings (SSSR count). The third-order valence-corrected chi connectivity index (χ3v) is 2.52. The van der Waals surface area contributed by atoms with Crippen LogP contribution in [0.1, 0.15) is 28.6 Å². The zero-order valence-electron chi connectivity index (χ0n) is 9.66. The second-order valence-corrected chi connectivity index (χ2v) is 3.75. The minimum absolute atomic E-state index is 0.332. The summed E-state index contributed by atoms with van der Waals surface area (Å²) in [5.74, 6) is 0.469. The summed E-state index contributed by atoms with van der Waals surface area (Å²) < 4.78 is 10.5. The van der Waals surface area contributed by atoms with Gasteiger partial charge in [0, 0.05) is 5.39 Å². The number of esters is 1. The summed E-state index contributed by atoms with van der Waals surface area (Å²) in [5.41, 5.74) is 2.21. The van der Waals surface area contributed by atoms with Crippen molar-refractivity contribution in [3.8, 4) is 0 Å². The van der Waals surface area contributed by atoms with Gasteiger partial charge in [0.2, 0.25) is 0 Å². The SMILES string of the molecule is CCOC(=O)c1ccc(C)c2cc(C)oc12. The van der Waals surface area contributed by atoms with E-state index in [0.29, 0.717) is 17.8 Å². The van der Waals surface area contributed by atoms with Crippen molar-refractivity contribution in [3.63, 3.8) is 0 Å². The molecule has 0 aliphatic rings. The second kappa shape index (κ2) is 4.00. The number of ether oxygens (including phenoxy) is 1. The van der Waals surface area contributed by atoms with Crippen molar-refractivity contribution in [1.82, 2.24) is 0 Å². The Morgan fingerprint density at radius 2 is 2.12 bits per heavy atom. The van der Waals surface area contributed by atoms with Crippen LogP contribution in [-0.4, -0.2) is 12.6 Å². The van der Waals surface area contributed by atoms with E-state index in [0.717, 1.165) is 16.7 Å². The van der Waals surface area contributed by atoms with E-state index in [1.165, 1.54) is 0 Å². The average Bonchev–Trinajstić information content (AvgIpc) is 2.61. The molecule has 84 valence electrons. The van der Waals surface area contributed by atoms with E-state index < -0.39 is 0 Å². The van der Waals surface area contributed by atoms with E-state index in [1.807, 2.05) is 26.0 Å². The number of furan rings is 1. The molecule has 1 aromatic carbocycles. The van der Waals surface area contributed by atoms with Crippen LogP contribution >= 0.6 is 0 Å². The summed E-state index contributed by atoms with van der Waals surface area (Å²) >= 11 is 0. The van der Waals surface area contributed by atoms with Crippen LogP contribution in [0, 0.1) is 13.8 Å². The van der Waals surface area contributed by atoms with E-state index >= 15 is 0 Å². The maximum absolute atomic E-state index is 11.7. The smallest absolute Gasteiger partial charge is 0.341 e. The van der Waals surface area contributed by atoms with Gasteiger partial charge in [-0.25, -0.2) is 4.79 Å². The Morgan fingerprint density at radius 3 is 2.81 bits per heavy atom. The number of aryl methyl sites for hydroxylation is 2. The van der Waals surface area contributed by atoms with Gasteiger partial charge in [0.05, 0.1) is 6.61 Å². The molecular formula is C13H14O3. The first-order valence-corrected chi connectivity index (χ1v) is 5.30. The van der Waals surface area contributed by atoms with Gasteiger partial charge in [-0.3, -0.25) is 0 Å². The molecule has 3 heteroatoms. The predicted molar refractivity (Wildman–Crippen MR) is 61.6 cm³/mol. The maximum atomic E-state index is 11.7. The van der Waals surface area contributed by atoms with Crippen molar-refractivity contribution < 1.29 is 13.9 Å². The Balaban J connectivity index is 2.62. The molecule has 0 radical (unpaired) electrons. The van der Waals surface area contributed by atoms with Crippen molar-refractivity contribution in [1.29, 1.82) is 0 Å². The third-order valence-electron chi connectivity index (χ3n) is 2.52. The Labute approximate surface area is 94.0 Å². The van der Waals surface area contributed by atoms with E-state index in [-0.39, 0.29) is 5.97 Å². The standard InChI is InChI=1S/C13H14O3/c1-4-15-13(14)10-6-5-8(2)11-7-9(3)16-12(10)11/h5-7H,4H2,1-3H3. The lowest BCUT2D eigenvalue weighted by molar-refractivity contribution is 0.0527. The van der Waals surface area contributed by atoms with Crippen LogP contribution in [0.25, 0.3) is 11.0 Å². The summed E-state index contributed by atoms with van der Waals surface area (Å²) in [6.45, 7) is 6.02. The van der Waals surface area contributed by atoms with Gasteiger partial charge in [-0.15, -0.1) is 0 Å². The lowest BCUT2D eigenvalue weighted by Crippen LogP contribution is -2.04. The fraction of sp³-hybridized carbons (Fsp3) is 0.308. The first kappa shape index (κ1) is 10.7. The first-order chi connectivity index (χ1) is 7.63. The van der Waals surface area contributed by atoms with Gasteiger partial charge in [0.25, 0.3) is 0 Å². The predicted octanol–water partition coefficient (Wildman–Crippen LogP) is 3.23. The number of carbonyl (C=O) groups excluding carboxylic acids is 1. The number of benzene rings is 1. The van der Waals surface area contributed by atoms with Gasteiger partial charge >= 0.3 is 5.97 Å². The van der Waals surface area contributed by atoms with Crippen LogP contribution in [-0.2, 0) is 4.74 Å². The molecule has 0 spiro atoms. The van der Waals surface area contributed by atoms with Crippen LogP contribution in [0.15, 0.2) is 22.6 Å². The summed E-state index contributed by atoms with van der Waals surface area (Å²) in [7, 11) is 0. The zero-order valence-corrected chi connectivity index (χ0v) is 9.66. The largest absolute Gasteiger partial charge is 0.462 e. The van der Waals surface area contributed by atoms with Crippen molar-refractivity contribution in [2.75, 3.05) is 6.61 Å². The molecule has 0 aliphatic heterocycles. The molecule has 1 aromatic heterocycles. The third kappa shape index (κ3) is 1.69. The van der Waals surface area contributed by atoms with E-state index in [2.05, 4.69) is 0 Å². The van der Waals surface area contributed by atoms with Crippen molar-refractivity contribution in [3.05, 3.63) is 35.1 Å². The first-order valence-electron chi connectivity index (χ1n) is 5.30. The molecule has 0 unspecified atom stereocenters. The Kier molecular flexibility index (Phi) is 2.69.